The Bertz CT molecular complexity index is 600. The maximum Gasteiger partial charge on any atom is 0.227 e. The van der Waals surface area contributed by atoms with Crippen LogP contribution in [0.5, 0.6) is 0 Å². The zero-order valence-electron chi connectivity index (χ0n) is 13.6. The number of carbonyl (C=O) groups is 1. The second kappa shape index (κ2) is 8.19. The first-order valence-corrected chi connectivity index (χ1v) is 8.13. The van der Waals surface area contributed by atoms with Gasteiger partial charge in [-0.05, 0) is 31.0 Å². The molecule has 1 saturated heterocycles. The molecule has 0 aromatic heterocycles. The summed E-state index contributed by atoms with van der Waals surface area (Å²) in [5.74, 6) is 0.145. The predicted octanol–water partition coefficient (Wildman–Crippen LogP) is 2.53. The normalized spacial score (nSPS) is 17.7. The number of amides is 1. The van der Waals surface area contributed by atoms with E-state index in [1.165, 1.54) is 0 Å². The summed E-state index contributed by atoms with van der Waals surface area (Å²) in [5, 5.41) is 9.41. The first-order chi connectivity index (χ1) is 11.1. The summed E-state index contributed by atoms with van der Waals surface area (Å²) < 4.78 is 5.03. The Kier molecular flexibility index (Phi) is 6.26. The highest BCUT2D eigenvalue weighted by Crippen LogP contribution is 2.28. The molecule has 0 bridgehead atoms. The average Bonchev–Trinajstić information content (AvgIpc) is 2.59. The van der Waals surface area contributed by atoms with E-state index in [4.69, 9.17) is 21.6 Å². The Balaban J connectivity index is 2.04. The van der Waals surface area contributed by atoms with Crippen molar-refractivity contribution in [1.82, 2.24) is 4.90 Å². The molecular weight excluding hydrogens is 314 g/mol. The van der Waals surface area contributed by atoms with Crippen LogP contribution in [0.3, 0.4) is 0 Å². The van der Waals surface area contributed by atoms with Crippen molar-refractivity contribution in [3.05, 3.63) is 28.8 Å². The Labute approximate surface area is 142 Å². The van der Waals surface area contributed by atoms with Gasteiger partial charge < -0.3 is 14.5 Å². The minimum atomic E-state index is -0.0139. The molecule has 1 amide bonds. The van der Waals surface area contributed by atoms with Crippen LogP contribution in [0, 0.1) is 17.2 Å². The van der Waals surface area contributed by atoms with Gasteiger partial charge in [-0.3, -0.25) is 4.79 Å². The van der Waals surface area contributed by atoms with Crippen molar-refractivity contribution in [2.45, 2.75) is 12.8 Å². The van der Waals surface area contributed by atoms with Gasteiger partial charge in [-0.2, -0.15) is 5.26 Å². The van der Waals surface area contributed by atoms with Gasteiger partial charge in [0.25, 0.3) is 0 Å². The first kappa shape index (κ1) is 17.6. The molecule has 0 radical (unpaired) electrons. The average molecular weight is 336 g/mol. The highest BCUT2D eigenvalue weighted by Gasteiger charge is 2.28. The largest absolute Gasteiger partial charge is 0.383 e. The van der Waals surface area contributed by atoms with E-state index in [0.717, 1.165) is 25.1 Å². The maximum absolute atomic E-state index is 12.5. The fourth-order valence-corrected chi connectivity index (χ4v) is 3.07. The van der Waals surface area contributed by atoms with E-state index in [1.807, 2.05) is 19.2 Å². The number of rotatable bonds is 5. The standard InChI is InChI=1S/C17H22ClN3O2/c1-20(8-9-23-2)17(22)14-4-3-7-21(12-14)15-6-5-13(11-19)16(18)10-15/h5-6,10,14H,3-4,7-9,12H2,1-2H3/t14-/m1/s1. The molecule has 0 unspecified atom stereocenters. The molecule has 6 heteroatoms. The van der Waals surface area contributed by atoms with E-state index < -0.39 is 0 Å². The van der Waals surface area contributed by atoms with Crippen molar-refractivity contribution >= 4 is 23.2 Å². The van der Waals surface area contributed by atoms with Crippen LogP contribution in [0.15, 0.2) is 18.2 Å². The Morgan fingerprint density at radius 1 is 1.57 bits per heavy atom. The number of halogens is 1. The molecule has 1 atom stereocenters. The number of hydrogen-bond acceptors (Lipinski definition) is 4. The predicted molar refractivity (Wildman–Crippen MR) is 90.6 cm³/mol. The topological polar surface area (TPSA) is 56.6 Å². The number of methoxy groups -OCH3 is 1. The highest BCUT2D eigenvalue weighted by atomic mass is 35.5. The number of carbonyl (C=O) groups excluding carboxylic acids is 1. The smallest absolute Gasteiger partial charge is 0.227 e. The SMILES string of the molecule is COCCN(C)C(=O)[C@@H]1CCCN(c2ccc(C#N)c(Cl)c2)C1. The van der Waals surface area contributed by atoms with Crippen molar-refractivity contribution in [3.8, 4) is 6.07 Å². The van der Waals surface area contributed by atoms with Crippen molar-refractivity contribution in [1.29, 1.82) is 5.26 Å². The molecule has 2 rings (SSSR count). The fraction of sp³-hybridized carbons (Fsp3) is 0.529. The van der Waals surface area contributed by atoms with Gasteiger partial charge in [0.15, 0.2) is 0 Å². The van der Waals surface area contributed by atoms with E-state index in [1.54, 1.807) is 18.1 Å². The van der Waals surface area contributed by atoms with Crippen molar-refractivity contribution < 1.29 is 9.53 Å². The van der Waals surface area contributed by atoms with Crippen LogP contribution in [0.2, 0.25) is 5.02 Å². The van der Waals surface area contributed by atoms with Gasteiger partial charge in [-0.25, -0.2) is 0 Å². The Morgan fingerprint density at radius 3 is 3.00 bits per heavy atom. The molecule has 1 aliphatic heterocycles. The summed E-state index contributed by atoms with van der Waals surface area (Å²) in [5.41, 5.74) is 1.44. The van der Waals surface area contributed by atoms with E-state index in [-0.39, 0.29) is 11.8 Å². The summed E-state index contributed by atoms with van der Waals surface area (Å²) >= 11 is 6.12. The summed E-state index contributed by atoms with van der Waals surface area (Å²) in [6, 6.07) is 7.50. The van der Waals surface area contributed by atoms with E-state index in [0.29, 0.717) is 30.3 Å². The number of benzene rings is 1. The molecule has 5 nitrogen and oxygen atoms in total. The molecule has 1 aromatic carbocycles. The third kappa shape index (κ3) is 4.37. The lowest BCUT2D eigenvalue weighted by Gasteiger charge is -2.35. The molecule has 0 saturated carbocycles. The number of ether oxygens (including phenoxy) is 1. The monoisotopic (exact) mass is 335 g/mol. The molecule has 0 spiro atoms. The lowest BCUT2D eigenvalue weighted by atomic mass is 9.96. The van der Waals surface area contributed by atoms with Gasteiger partial charge in [0.05, 0.1) is 23.1 Å². The molecule has 1 aliphatic rings. The second-order valence-corrected chi connectivity index (χ2v) is 6.22. The van der Waals surface area contributed by atoms with Crippen LogP contribution in [0.1, 0.15) is 18.4 Å². The quantitative estimate of drug-likeness (QED) is 0.829. The fourth-order valence-electron chi connectivity index (χ4n) is 2.85. The summed E-state index contributed by atoms with van der Waals surface area (Å²) in [7, 11) is 3.45. The molecule has 1 fully saturated rings. The molecular formula is C17H22ClN3O2. The van der Waals surface area contributed by atoms with Gasteiger partial charge in [0, 0.05) is 39.5 Å². The third-order valence-corrected chi connectivity index (χ3v) is 4.53. The minimum Gasteiger partial charge on any atom is -0.383 e. The van der Waals surface area contributed by atoms with Gasteiger partial charge in [-0.1, -0.05) is 11.6 Å². The molecule has 0 aliphatic carbocycles. The number of nitriles is 1. The molecule has 23 heavy (non-hydrogen) atoms. The van der Waals surface area contributed by atoms with Crippen LogP contribution in [0.25, 0.3) is 0 Å². The molecule has 1 aromatic rings. The second-order valence-electron chi connectivity index (χ2n) is 5.81. The van der Waals surface area contributed by atoms with Crippen LogP contribution in [0.4, 0.5) is 5.69 Å². The lowest BCUT2D eigenvalue weighted by molar-refractivity contribution is -0.135. The van der Waals surface area contributed by atoms with Gasteiger partial charge >= 0.3 is 0 Å². The van der Waals surface area contributed by atoms with E-state index in [2.05, 4.69) is 11.0 Å². The minimum absolute atomic E-state index is 0.0139. The maximum atomic E-state index is 12.5. The number of hydrogen-bond donors (Lipinski definition) is 0. The van der Waals surface area contributed by atoms with Crippen molar-refractivity contribution in [3.63, 3.8) is 0 Å². The summed E-state index contributed by atoms with van der Waals surface area (Å²) in [6.45, 7) is 2.73. The molecule has 1 heterocycles. The number of piperidine rings is 1. The van der Waals surface area contributed by atoms with Gasteiger partial charge in [0.2, 0.25) is 5.91 Å². The first-order valence-electron chi connectivity index (χ1n) is 7.75. The highest BCUT2D eigenvalue weighted by molar-refractivity contribution is 6.32. The Hall–Kier alpha value is -1.77. The Morgan fingerprint density at radius 2 is 2.35 bits per heavy atom. The third-order valence-electron chi connectivity index (χ3n) is 4.22. The van der Waals surface area contributed by atoms with Gasteiger partial charge in [0.1, 0.15) is 6.07 Å². The molecule has 124 valence electrons. The van der Waals surface area contributed by atoms with Gasteiger partial charge in [-0.15, -0.1) is 0 Å². The van der Waals surface area contributed by atoms with Crippen molar-refractivity contribution in [2.75, 3.05) is 45.3 Å². The van der Waals surface area contributed by atoms with E-state index >= 15 is 0 Å². The number of anilines is 1. The lowest BCUT2D eigenvalue weighted by Crippen LogP contribution is -2.44. The van der Waals surface area contributed by atoms with Crippen LogP contribution >= 0.6 is 11.6 Å². The van der Waals surface area contributed by atoms with Crippen LogP contribution < -0.4 is 4.90 Å². The number of nitrogens with zero attached hydrogens (tertiary/aromatic N) is 3. The molecule has 0 N–H and O–H groups in total. The van der Waals surface area contributed by atoms with Crippen LogP contribution in [-0.2, 0) is 9.53 Å². The zero-order valence-corrected chi connectivity index (χ0v) is 14.3. The zero-order chi connectivity index (χ0) is 16.8. The van der Waals surface area contributed by atoms with Crippen molar-refractivity contribution in [2.24, 2.45) is 5.92 Å². The van der Waals surface area contributed by atoms with E-state index in [9.17, 15) is 4.79 Å². The van der Waals surface area contributed by atoms with Crippen LogP contribution in [-0.4, -0.2) is 51.2 Å². The number of likely N-dealkylation sites (N-methyl/N-ethyl adjacent to an activating group) is 1. The summed E-state index contributed by atoms with van der Waals surface area (Å²) in [6.07, 6.45) is 1.86. The summed E-state index contributed by atoms with van der Waals surface area (Å²) in [4.78, 5) is 16.4.